The Kier molecular flexibility index (Phi) is 4.44. The van der Waals surface area contributed by atoms with Gasteiger partial charge in [-0.15, -0.1) is 0 Å². The number of hydrogen-bond donors (Lipinski definition) is 2. The fraction of sp³-hybridized carbons (Fsp3) is 0.364. The molecule has 8 heteroatoms. The Bertz CT molecular complexity index is 510. The summed E-state index contributed by atoms with van der Waals surface area (Å²) in [5.74, 6) is 0.579. The molecule has 102 valence electrons. The third kappa shape index (κ3) is 3.48. The molecule has 0 radical (unpaired) electrons. The summed E-state index contributed by atoms with van der Waals surface area (Å²) in [7, 11) is 0. The highest BCUT2D eigenvalue weighted by Gasteiger charge is 2.16. The van der Waals surface area contributed by atoms with E-state index in [1.165, 1.54) is 12.1 Å². The molecule has 1 heterocycles. The first-order valence-electron chi connectivity index (χ1n) is 5.76. The molecular formula is C11H12Cl2N4O2. The van der Waals surface area contributed by atoms with Crippen LogP contribution in [0.4, 0.5) is 11.4 Å². The Labute approximate surface area is 120 Å². The maximum atomic E-state index is 10.7. The van der Waals surface area contributed by atoms with Crippen LogP contribution in [-0.2, 0) is 0 Å². The molecule has 2 rings (SSSR count). The van der Waals surface area contributed by atoms with Crippen molar-refractivity contribution in [3.8, 4) is 0 Å². The molecule has 6 nitrogen and oxygen atoms in total. The van der Waals surface area contributed by atoms with Crippen LogP contribution in [0.25, 0.3) is 0 Å². The van der Waals surface area contributed by atoms with Crippen LogP contribution in [0.1, 0.15) is 12.8 Å². The average Bonchev–Trinajstić information content (AvgIpc) is 2.61. The van der Waals surface area contributed by atoms with Crippen LogP contribution in [0.5, 0.6) is 0 Å². The smallest absolute Gasteiger partial charge is 0.272 e. The van der Waals surface area contributed by atoms with E-state index in [0.29, 0.717) is 11.6 Å². The predicted octanol–water partition coefficient (Wildman–Crippen LogP) is 3.05. The van der Waals surface area contributed by atoms with Crippen molar-refractivity contribution in [3.63, 3.8) is 0 Å². The van der Waals surface area contributed by atoms with Gasteiger partial charge < -0.3 is 10.6 Å². The molecule has 0 amide bonds. The normalized spacial score (nSPS) is 15.2. The summed E-state index contributed by atoms with van der Waals surface area (Å²) in [6, 6.07) is 2.51. The van der Waals surface area contributed by atoms with Gasteiger partial charge in [-0.25, -0.2) is 0 Å². The Hall–Kier alpha value is -1.53. The summed E-state index contributed by atoms with van der Waals surface area (Å²) < 4.78 is 0. The zero-order chi connectivity index (χ0) is 13.8. The van der Waals surface area contributed by atoms with E-state index >= 15 is 0 Å². The number of benzene rings is 1. The lowest BCUT2D eigenvalue weighted by atomic mass is 10.3. The standard InChI is InChI=1S/C11H12Cl2N4O2/c12-8-5-7(17(18)19)6-9(13)10(8)16-11-14-3-1-2-4-15-11/h5-6H,1-4H2,(H2,14,15,16). The lowest BCUT2D eigenvalue weighted by Gasteiger charge is -2.12. The van der Waals surface area contributed by atoms with E-state index in [4.69, 9.17) is 23.2 Å². The molecule has 0 bridgehead atoms. The first kappa shape index (κ1) is 13.9. The number of aliphatic imine (C=N–C) groups is 1. The highest BCUT2D eigenvalue weighted by atomic mass is 35.5. The second-order valence-corrected chi connectivity index (χ2v) is 4.85. The quantitative estimate of drug-likeness (QED) is 0.650. The molecule has 1 aliphatic rings. The van der Waals surface area contributed by atoms with Gasteiger partial charge in [0.2, 0.25) is 0 Å². The number of hydrogen-bond acceptors (Lipinski definition) is 5. The van der Waals surface area contributed by atoms with Gasteiger partial charge in [-0.05, 0) is 12.8 Å². The van der Waals surface area contributed by atoms with Gasteiger partial charge in [0.25, 0.3) is 5.69 Å². The highest BCUT2D eigenvalue weighted by Crippen LogP contribution is 2.34. The Morgan fingerprint density at radius 2 is 2.00 bits per heavy atom. The average molecular weight is 303 g/mol. The molecule has 0 aliphatic carbocycles. The van der Waals surface area contributed by atoms with Crippen LogP contribution in [0, 0.1) is 10.1 Å². The lowest BCUT2D eigenvalue weighted by molar-refractivity contribution is -0.384. The number of non-ortho nitro benzene ring substituents is 1. The molecule has 2 N–H and O–H groups in total. The van der Waals surface area contributed by atoms with Gasteiger partial charge in [0.15, 0.2) is 5.96 Å². The van der Waals surface area contributed by atoms with E-state index < -0.39 is 4.92 Å². The third-order valence-electron chi connectivity index (χ3n) is 2.63. The molecule has 0 saturated heterocycles. The van der Waals surface area contributed by atoms with Gasteiger partial charge >= 0.3 is 0 Å². The molecule has 0 fully saturated rings. The predicted molar refractivity (Wildman–Crippen MR) is 76.3 cm³/mol. The van der Waals surface area contributed by atoms with E-state index in [2.05, 4.69) is 15.6 Å². The van der Waals surface area contributed by atoms with Gasteiger partial charge in [0.05, 0.1) is 20.7 Å². The summed E-state index contributed by atoms with van der Waals surface area (Å²) in [6.07, 6.45) is 2.05. The fourth-order valence-corrected chi connectivity index (χ4v) is 2.25. The van der Waals surface area contributed by atoms with Crippen molar-refractivity contribution in [2.75, 3.05) is 18.4 Å². The van der Waals surface area contributed by atoms with Crippen molar-refractivity contribution < 1.29 is 4.92 Å². The number of rotatable bonds is 2. The second kappa shape index (κ2) is 6.08. The zero-order valence-corrected chi connectivity index (χ0v) is 11.5. The maximum Gasteiger partial charge on any atom is 0.272 e. The van der Waals surface area contributed by atoms with E-state index in [9.17, 15) is 10.1 Å². The number of nitrogens with one attached hydrogen (secondary N) is 2. The summed E-state index contributed by atoms with van der Waals surface area (Å²) in [5, 5.41) is 17.1. The monoisotopic (exact) mass is 302 g/mol. The second-order valence-electron chi connectivity index (χ2n) is 4.03. The van der Waals surface area contributed by atoms with Crippen molar-refractivity contribution in [1.29, 1.82) is 0 Å². The number of nitro benzene ring substituents is 1. The minimum absolute atomic E-state index is 0.142. The van der Waals surface area contributed by atoms with Crippen molar-refractivity contribution >= 4 is 40.5 Å². The van der Waals surface area contributed by atoms with Crippen molar-refractivity contribution in [3.05, 3.63) is 32.3 Å². The summed E-state index contributed by atoms with van der Waals surface area (Å²) in [6.45, 7) is 1.53. The number of anilines is 1. The minimum Gasteiger partial charge on any atom is -0.356 e. The molecule has 0 saturated carbocycles. The van der Waals surface area contributed by atoms with Crippen molar-refractivity contribution in [2.45, 2.75) is 12.8 Å². The molecule has 0 unspecified atom stereocenters. The van der Waals surface area contributed by atoms with E-state index in [1.807, 2.05) is 0 Å². The van der Waals surface area contributed by atoms with Crippen molar-refractivity contribution in [2.24, 2.45) is 4.99 Å². The summed E-state index contributed by atoms with van der Waals surface area (Å²) in [5.41, 5.74) is 0.276. The minimum atomic E-state index is -0.539. The molecule has 19 heavy (non-hydrogen) atoms. The van der Waals surface area contributed by atoms with Gasteiger partial charge in [-0.1, -0.05) is 23.2 Å². The third-order valence-corrected chi connectivity index (χ3v) is 3.22. The summed E-state index contributed by atoms with van der Waals surface area (Å²) >= 11 is 12.0. The van der Waals surface area contributed by atoms with Gasteiger partial charge in [0.1, 0.15) is 0 Å². The fourth-order valence-electron chi connectivity index (χ4n) is 1.68. The molecule has 1 aliphatic heterocycles. The van der Waals surface area contributed by atoms with Crippen molar-refractivity contribution in [1.82, 2.24) is 5.32 Å². The number of guanidine groups is 1. The molecule has 0 aromatic heterocycles. The zero-order valence-electron chi connectivity index (χ0n) is 9.95. The number of halogens is 2. The molecule has 0 atom stereocenters. The lowest BCUT2D eigenvalue weighted by Crippen LogP contribution is -2.30. The summed E-state index contributed by atoms with van der Waals surface area (Å²) in [4.78, 5) is 14.4. The van der Waals surface area contributed by atoms with Gasteiger partial charge in [0, 0.05) is 25.2 Å². The molecule has 1 aromatic carbocycles. The van der Waals surface area contributed by atoms with Crippen LogP contribution in [0.15, 0.2) is 17.1 Å². The molecular weight excluding hydrogens is 291 g/mol. The van der Waals surface area contributed by atoms with Crippen LogP contribution >= 0.6 is 23.2 Å². The van der Waals surface area contributed by atoms with Crippen LogP contribution in [0.2, 0.25) is 10.0 Å². The largest absolute Gasteiger partial charge is 0.356 e. The first-order chi connectivity index (χ1) is 9.08. The van der Waals surface area contributed by atoms with Crippen LogP contribution in [0.3, 0.4) is 0 Å². The van der Waals surface area contributed by atoms with Gasteiger partial charge in [-0.2, -0.15) is 0 Å². The SMILES string of the molecule is O=[N+]([O-])c1cc(Cl)c(NC2=NCCCCN2)c(Cl)c1. The maximum absolute atomic E-state index is 10.7. The highest BCUT2D eigenvalue weighted by molar-refractivity contribution is 6.40. The van der Waals surface area contributed by atoms with Crippen LogP contribution in [-0.4, -0.2) is 24.0 Å². The first-order valence-corrected chi connectivity index (χ1v) is 6.52. The van der Waals surface area contributed by atoms with E-state index in [1.54, 1.807) is 0 Å². The van der Waals surface area contributed by atoms with E-state index in [-0.39, 0.29) is 15.7 Å². The number of nitrogens with zero attached hydrogens (tertiary/aromatic N) is 2. The number of nitro groups is 1. The molecule has 0 spiro atoms. The van der Waals surface area contributed by atoms with Crippen LogP contribution < -0.4 is 10.6 Å². The molecule has 1 aromatic rings. The van der Waals surface area contributed by atoms with Gasteiger partial charge in [-0.3, -0.25) is 15.1 Å². The Morgan fingerprint density at radius 3 is 2.63 bits per heavy atom. The Morgan fingerprint density at radius 1 is 1.32 bits per heavy atom. The van der Waals surface area contributed by atoms with E-state index in [0.717, 1.165) is 25.9 Å². The topological polar surface area (TPSA) is 79.6 Å². The Balaban J connectivity index is 2.25.